The Balaban J connectivity index is 1.88. The van der Waals surface area contributed by atoms with E-state index >= 15 is 0 Å². The molecule has 2 unspecified atom stereocenters. The van der Waals surface area contributed by atoms with Gasteiger partial charge < -0.3 is 5.11 Å². The predicted octanol–water partition coefficient (Wildman–Crippen LogP) is 1.80. The summed E-state index contributed by atoms with van der Waals surface area (Å²) in [5.74, 6) is -0.200. The molecule has 0 saturated carbocycles. The van der Waals surface area contributed by atoms with Crippen molar-refractivity contribution in [2.24, 2.45) is 5.92 Å². The van der Waals surface area contributed by atoms with Crippen LogP contribution < -0.4 is 0 Å². The molecule has 1 aliphatic heterocycles. The molecule has 1 N–H and O–H groups in total. The molecule has 1 fully saturated rings. The minimum absolute atomic E-state index is 0.200. The minimum Gasteiger partial charge on any atom is -0.364 e. The van der Waals surface area contributed by atoms with E-state index in [1.807, 2.05) is 18.2 Å². The summed E-state index contributed by atoms with van der Waals surface area (Å²) in [6, 6.07) is 10.1. The number of rotatable bonds is 3. The molecule has 2 atom stereocenters. The second-order valence-corrected chi connectivity index (χ2v) is 4.14. The monoisotopic (exact) mass is 209 g/mol. The van der Waals surface area contributed by atoms with Crippen molar-refractivity contribution >= 4 is 0 Å². The SMILES string of the molecule is OC(F)C1CCN(Cc2ccccc2)C1. The molecule has 2 nitrogen and oxygen atoms in total. The Bertz CT molecular complexity index is 302. The standard InChI is InChI=1S/C12H16FNO/c13-12(15)11-6-7-14(9-11)8-10-4-2-1-3-5-10/h1-5,11-12,15H,6-9H2. The average Bonchev–Trinajstić information content (AvgIpc) is 2.68. The quantitative estimate of drug-likeness (QED) is 0.820. The highest BCUT2D eigenvalue weighted by molar-refractivity contribution is 5.14. The maximum absolute atomic E-state index is 12.6. The van der Waals surface area contributed by atoms with Gasteiger partial charge in [0.15, 0.2) is 6.36 Å². The summed E-state index contributed by atoms with van der Waals surface area (Å²) in [6.07, 6.45) is -0.907. The number of aliphatic hydroxyl groups excluding tert-OH is 1. The van der Waals surface area contributed by atoms with E-state index < -0.39 is 6.36 Å². The Morgan fingerprint density at radius 2 is 2.13 bits per heavy atom. The summed E-state index contributed by atoms with van der Waals surface area (Å²) < 4.78 is 12.6. The number of likely N-dealkylation sites (tertiary alicyclic amines) is 1. The van der Waals surface area contributed by atoms with E-state index in [0.717, 1.165) is 19.5 Å². The Morgan fingerprint density at radius 3 is 2.73 bits per heavy atom. The summed E-state index contributed by atoms with van der Waals surface area (Å²) in [5.41, 5.74) is 1.24. The Morgan fingerprint density at radius 1 is 1.40 bits per heavy atom. The second kappa shape index (κ2) is 4.73. The van der Waals surface area contributed by atoms with Crippen LogP contribution in [0.3, 0.4) is 0 Å². The van der Waals surface area contributed by atoms with E-state index in [1.165, 1.54) is 5.56 Å². The lowest BCUT2D eigenvalue weighted by molar-refractivity contribution is -0.00793. The molecule has 15 heavy (non-hydrogen) atoms. The molecule has 1 aromatic rings. The van der Waals surface area contributed by atoms with Gasteiger partial charge in [0, 0.05) is 19.0 Å². The molecular formula is C12H16FNO. The lowest BCUT2D eigenvalue weighted by Crippen LogP contribution is -2.23. The number of alkyl halides is 1. The molecular weight excluding hydrogens is 193 g/mol. The van der Waals surface area contributed by atoms with Crippen molar-refractivity contribution < 1.29 is 9.50 Å². The molecule has 0 aromatic heterocycles. The van der Waals surface area contributed by atoms with Crippen molar-refractivity contribution in [1.29, 1.82) is 0 Å². The van der Waals surface area contributed by atoms with E-state index in [4.69, 9.17) is 5.11 Å². The van der Waals surface area contributed by atoms with Crippen LogP contribution in [0.4, 0.5) is 4.39 Å². The van der Waals surface area contributed by atoms with Crippen LogP contribution in [0.2, 0.25) is 0 Å². The van der Waals surface area contributed by atoms with Gasteiger partial charge in [-0.1, -0.05) is 30.3 Å². The maximum atomic E-state index is 12.6. The first-order chi connectivity index (χ1) is 7.25. The number of halogens is 1. The van der Waals surface area contributed by atoms with Gasteiger partial charge in [-0.15, -0.1) is 0 Å². The van der Waals surface area contributed by atoms with Gasteiger partial charge in [0.1, 0.15) is 0 Å². The third kappa shape index (κ3) is 2.76. The number of hydrogen-bond acceptors (Lipinski definition) is 2. The lowest BCUT2D eigenvalue weighted by Gasteiger charge is -2.16. The van der Waals surface area contributed by atoms with Crippen molar-refractivity contribution in [3.8, 4) is 0 Å². The van der Waals surface area contributed by atoms with E-state index in [2.05, 4.69) is 17.0 Å². The van der Waals surface area contributed by atoms with Crippen molar-refractivity contribution in [2.75, 3.05) is 13.1 Å². The Hall–Kier alpha value is -0.930. The maximum Gasteiger partial charge on any atom is 0.200 e. The Labute approximate surface area is 89.3 Å². The topological polar surface area (TPSA) is 23.5 Å². The average molecular weight is 209 g/mol. The summed E-state index contributed by atoms with van der Waals surface area (Å²) in [6.45, 7) is 2.39. The molecule has 0 spiro atoms. The molecule has 3 heteroatoms. The molecule has 0 amide bonds. The van der Waals surface area contributed by atoms with Crippen molar-refractivity contribution in [2.45, 2.75) is 19.3 Å². The van der Waals surface area contributed by atoms with Crippen LogP contribution in [-0.4, -0.2) is 29.5 Å². The zero-order valence-electron chi connectivity index (χ0n) is 8.64. The summed E-state index contributed by atoms with van der Waals surface area (Å²) >= 11 is 0. The zero-order valence-corrected chi connectivity index (χ0v) is 8.64. The fraction of sp³-hybridized carbons (Fsp3) is 0.500. The third-order valence-corrected chi connectivity index (χ3v) is 2.95. The fourth-order valence-electron chi connectivity index (χ4n) is 2.07. The normalized spacial score (nSPS) is 24.3. The highest BCUT2D eigenvalue weighted by Gasteiger charge is 2.27. The van der Waals surface area contributed by atoms with Crippen LogP contribution in [0.1, 0.15) is 12.0 Å². The lowest BCUT2D eigenvalue weighted by atomic mass is 10.1. The van der Waals surface area contributed by atoms with Crippen LogP contribution in [0.25, 0.3) is 0 Å². The highest BCUT2D eigenvalue weighted by atomic mass is 19.1. The molecule has 1 heterocycles. The van der Waals surface area contributed by atoms with Gasteiger partial charge in [-0.3, -0.25) is 4.90 Å². The first-order valence-electron chi connectivity index (χ1n) is 5.34. The van der Waals surface area contributed by atoms with Crippen molar-refractivity contribution in [3.63, 3.8) is 0 Å². The van der Waals surface area contributed by atoms with E-state index in [9.17, 15) is 4.39 Å². The summed E-state index contributed by atoms with van der Waals surface area (Å²) in [7, 11) is 0. The second-order valence-electron chi connectivity index (χ2n) is 4.14. The van der Waals surface area contributed by atoms with Crippen LogP contribution in [0.5, 0.6) is 0 Å². The first kappa shape index (κ1) is 10.6. The van der Waals surface area contributed by atoms with Gasteiger partial charge in [-0.25, -0.2) is 4.39 Å². The molecule has 1 aliphatic rings. The van der Waals surface area contributed by atoms with Gasteiger partial charge in [0.2, 0.25) is 0 Å². The van der Waals surface area contributed by atoms with E-state index in [-0.39, 0.29) is 5.92 Å². The first-order valence-corrected chi connectivity index (χ1v) is 5.34. The van der Waals surface area contributed by atoms with E-state index in [1.54, 1.807) is 0 Å². The molecule has 2 rings (SSSR count). The molecule has 0 aliphatic carbocycles. The van der Waals surface area contributed by atoms with Gasteiger partial charge in [-0.05, 0) is 18.5 Å². The van der Waals surface area contributed by atoms with E-state index in [0.29, 0.717) is 6.54 Å². The van der Waals surface area contributed by atoms with Crippen molar-refractivity contribution in [3.05, 3.63) is 35.9 Å². The molecule has 0 radical (unpaired) electrons. The number of hydrogen-bond donors (Lipinski definition) is 1. The summed E-state index contributed by atoms with van der Waals surface area (Å²) in [5, 5.41) is 8.84. The molecule has 82 valence electrons. The Kier molecular flexibility index (Phi) is 3.34. The van der Waals surface area contributed by atoms with Crippen LogP contribution in [0.15, 0.2) is 30.3 Å². The van der Waals surface area contributed by atoms with Gasteiger partial charge >= 0.3 is 0 Å². The van der Waals surface area contributed by atoms with Crippen LogP contribution in [-0.2, 0) is 6.54 Å². The van der Waals surface area contributed by atoms with Crippen LogP contribution >= 0.6 is 0 Å². The third-order valence-electron chi connectivity index (χ3n) is 2.95. The van der Waals surface area contributed by atoms with Crippen LogP contribution in [0, 0.1) is 5.92 Å². The number of nitrogens with zero attached hydrogens (tertiary/aromatic N) is 1. The van der Waals surface area contributed by atoms with Gasteiger partial charge in [-0.2, -0.15) is 0 Å². The smallest absolute Gasteiger partial charge is 0.200 e. The predicted molar refractivity (Wildman–Crippen MR) is 56.9 cm³/mol. The number of benzene rings is 1. The summed E-state index contributed by atoms with van der Waals surface area (Å²) in [4.78, 5) is 2.18. The van der Waals surface area contributed by atoms with Gasteiger partial charge in [0.25, 0.3) is 0 Å². The van der Waals surface area contributed by atoms with Gasteiger partial charge in [0.05, 0.1) is 0 Å². The minimum atomic E-state index is -1.66. The highest BCUT2D eigenvalue weighted by Crippen LogP contribution is 2.21. The molecule has 0 bridgehead atoms. The fourth-order valence-corrected chi connectivity index (χ4v) is 2.07. The molecule has 1 saturated heterocycles. The van der Waals surface area contributed by atoms with Crippen molar-refractivity contribution in [1.82, 2.24) is 4.90 Å². The largest absolute Gasteiger partial charge is 0.364 e. The molecule has 1 aromatic carbocycles. The number of aliphatic hydroxyl groups is 1. The zero-order chi connectivity index (χ0) is 10.7.